The third-order valence-corrected chi connectivity index (χ3v) is 8.31. The molecular formula is C31H35N3O10. The minimum absolute atomic E-state index is 0.0285. The molecule has 2 fully saturated rings. The van der Waals surface area contributed by atoms with Crippen molar-refractivity contribution < 1.29 is 42.8 Å². The van der Waals surface area contributed by atoms with E-state index in [-0.39, 0.29) is 50.3 Å². The van der Waals surface area contributed by atoms with Gasteiger partial charge >= 0.3 is 18.0 Å². The Morgan fingerprint density at radius 1 is 1.11 bits per heavy atom. The molecule has 0 bridgehead atoms. The van der Waals surface area contributed by atoms with Crippen LogP contribution >= 0.6 is 0 Å². The first-order valence-electron chi connectivity index (χ1n) is 14.7. The van der Waals surface area contributed by atoms with E-state index < -0.39 is 41.0 Å². The summed E-state index contributed by atoms with van der Waals surface area (Å²) >= 11 is 0. The molecule has 0 N–H and O–H groups in total. The van der Waals surface area contributed by atoms with Crippen LogP contribution in [0.5, 0.6) is 5.75 Å². The van der Waals surface area contributed by atoms with Gasteiger partial charge in [-0.2, -0.15) is 5.26 Å². The van der Waals surface area contributed by atoms with Crippen LogP contribution in [0.1, 0.15) is 61.9 Å². The molecule has 1 spiro atoms. The molecule has 0 saturated carbocycles. The standard InChI is InChI=1S/C31H35N3O10/c1-4-30(28(37)40-5-2,23-17-25-31(42-15-16-43-31)12-14-34(25)26(35)22(23)18-32)44-27(36)24-7-6-13-33(24)29(38)41-19-20-8-10-21(39-3)11-9-20/h8-11,17,24H,4-7,12-16,19H2,1-3H3/t24-,30+/m1/s1. The van der Waals surface area contributed by atoms with Gasteiger partial charge in [-0.25, -0.2) is 14.4 Å². The van der Waals surface area contributed by atoms with Crippen LogP contribution in [0.3, 0.4) is 0 Å². The summed E-state index contributed by atoms with van der Waals surface area (Å²) in [5, 5.41) is 10.1. The van der Waals surface area contributed by atoms with Gasteiger partial charge in [-0.15, -0.1) is 0 Å². The fourth-order valence-electron chi connectivity index (χ4n) is 6.03. The molecule has 1 aromatic carbocycles. The predicted molar refractivity (Wildman–Crippen MR) is 151 cm³/mol. The summed E-state index contributed by atoms with van der Waals surface area (Å²) in [5.74, 6) is -2.38. The molecule has 1 aromatic heterocycles. The van der Waals surface area contributed by atoms with E-state index >= 15 is 0 Å². The molecule has 2 saturated heterocycles. The van der Waals surface area contributed by atoms with E-state index in [1.54, 1.807) is 45.2 Å². The third-order valence-electron chi connectivity index (χ3n) is 8.31. The zero-order valence-electron chi connectivity index (χ0n) is 25.0. The number of methoxy groups -OCH3 is 1. The Bertz CT molecular complexity index is 1520. The van der Waals surface area contributed by atoms with Crippen molar-refractivity contribution >= 4 is 18.0 Å². The van der Waals surface area contributed by atoms with E-state index in [1.807, 2.05) is 6.07 Å². The van der Waals surface area contributed by atoms with Gasteiger partial charge in [-0.05, 0) is 49.9 Å². The van der Waals surface area contributed by atoms with Gasteiger partial charge in [0.25, 0.3) is 5.56 Å². The number of carbonyl (C=O) groups is 3. The van der Waals surface area contributed by atoms with Gasteiger partial charge < -0.3 is 33.0 Å². The summed E-state index contributed by atoms with van der Waals surface area (Å²) in [6.45, 7) is 4.20. The fraction of sp³-hybridized carbons (Fsp3) is 0.516. The molecule has 2 atom stereocenters. The van der Waals surface area contributed by atoms with Crippen LogP contribution in [-0.2, 0) is 57.8 Å². The van der Waals surface area contributed by atoms with Crippen molar-refractivity contribution in [1.82, 2.24) is 9.47 Å². The second-order valence-electron chi connectivity index (χ2n) is 10.7. The molecule has 3 aliphatic heterocycles. The number of ether oxygens (including phenoxy) is 6. The van der Waals surface area contributed by atoms with Gasteiger partial charge in [0.1, 0.15) is 30.0 Å². The van der Waals surface area contributed by atoms with E-state index in [4.69, 9.17) is 28.4 Å². The topological polar surface area (TPSA) is 156 Å². The summed E-state index contributed by atoms with van der Waals surface area (Å²) in [7, 11) is 1.55. The SMILES string of the molecule is CCOC(=O)[C@@](CC)(OC(=O)[C@H]1CCCN1C(=O)OCc1ccc(OC)cc1)c1cc2n(c(=O)c1C#N)CCC21OCCO1. The van der Waals surface area contributed by atoms with Crippen LogP contribution in [-0.4, -0.2) is 67.0 Å². The number of nitrogens with zero attached hydrogens (tertiary/aromatic N) is 3. The highest BCUT2D eigenvalue weighted by Gasteiger charge is 2.52. The van der Waals surface area contributed by atoms with Crippen LogP contribution in [0.4, 0.5) is 4.79 Å². The average Bonchev–Trinajstić information content (AvgIpc) is 3.80. The molecule has 44 heavy (non-hydrogen) atoms. The second kappa shape index (κ2) is 12.7. The lowest BCUT2D eigenvalue weighted by atomic mass is 9.86. The molecule has 4 heterocycles. The van der Waals surface area contributed by atoms with Gasteiger partial charge in [-0.3, -0.25) is 9.69 Å². The lowest BCUT2D eigenvalue weighted by molar-refractivity contribution is -0.187. The van der Waals surface area contributed by atoms with Gasteiger partial charge in [0.05, 0.1) is 32.6 Å². The monoisotopic (exact) mass is 609 g/mol. The minimum Gasteiger partial charge on any atom is -0.497 e. The number of aromatic nitrogens is 1. The highest BCUT2D eigenvalue weighted by molar-refractivity contribution is 5.88. The molecule has 1 amide bonds. The fourth-order valence-corrected chi connectivity index (χ4v) is 6.03. The first-order chi connectivity index (χ1) is 21.2. The number of hydrogen-bond donors (Lipinski definition) is 0. The van der Waals surface area contributed by atoms with E-state index in [2.05, 4.69) is 0 Å². The summed E-state index contributed by atoms with van der Waals surface area (Å²) in [5.41, 5.74) is -2.22. The molecule has 0 radical (unpaired) electrons. The van der Waals surface area contributed by atoms with Crippen molar-refractivity contribution in [2.75, 3.05) is 33.5 Å². The van der Waals surface area contributed by atoms with Gasteiger partial charge in [0.15, 0.2) is 0 Å². The van der Waals surface area contributed by atoms with Crippen molar-refractivity contribution in [2.45, 2.75) is 70.1 Å². The van der Waals surface area contributed by atoms with E-state index in [9.17, 15) is 24.4 Å². The quantitative estimate of drug-likeness (QED) is 0.304. The molecule has 234 valence electrons. The predicted octanol–water partition coefficient (Wildman–Crippen LogP) is 2.84. The highest BCUT2D eigenvalue weighted by atomic mass is 16.7. The van der Waals surface area contributed by atoms with Crippen molar-refractivity contribution in [3.05, 3.63) is 63.1 Å². The molecule has 5 rings (SSSR count). The number of carbonyl (C=O) groups excluding carboxylic acids is 3. The minimum atomic E-state index is -2.16. The Hall–Kier alpha value is -4.41. The number of benzene rings is 1. The zero-order chi connectivity index (χ0) is 31.5. The average molecular weight is 610 g/mol. The van der Waals surface area contributed by atoms with Crippen LogP contribution in [0.2, 0.25) is 0 Å². The van der Waals surface area contributed by atoms with Crippen molar-refractivity contribution in [2.24, 2.45) is 0 Å². The zero-order valence-corrected chi connectivity index (χ0v) is 25.0. The number of likely N-dealkylation sites (tertiary alicyclic amines) is 1. The Balaban J connectivity index is 1.46. The number of rotatable bonds is 9. The number of amides is 1. The first-order valence-corrected chi connectivity index (χ1v) is 14.7. The summed E-state index contributed by atoms with van der Waals surface area (Å²) in [6.07, 6.45) is 0.228. The van der Waals surface area contributed by atoms with Crippen molar-refractivity contribution in [3.8, 4) is 11.8 Å². The maximum atomic E-state index is 13.8. The number of nitriles is 1. The second-order valence-corrected chi connectivity index (χ2v) is 10.7. The molecule has 0 aliphatic carbocycles. The maximum absolute atomic E-state index is 13.8. The molecule has 2 aromatic rings. The van der Waals surface area contributed by atoms with Crippen LogP contribution in [0.25, 0.3) is 0 Å². The summed E-state index contributed by atoms with van der Waals surface area (Å²) in [4.78, 5) is 55.4. The van der Waals surface area contributed by atoms with Gasteiger partial charge in [0, 0.05) is 25.1 Å². The van der Waals surface area contributed by atoms with E-state index in [0.717, 1.165) is 5.56 Å². The molecular weight excluding hydrogens is 574 g/mol. The van der Waals surface area contributed by atoms with Crippen LogP contribution in [0.15, 0.2) is 35.1 Å². The Morgan fingerprint density at radius 3 is 2.48 bits per heavy atom. The largest absolute Gasteiger partial charge is 0.497 e. The first kappa shape index (κ1) is 31.0. The molecule has 13 nitrogen and oxygen atoms in total. The van der Waals surface area contributed by atoms with Gasteiger partial charge in [-0.1, -0.05) is 19.1 Å². The van der Waals surface area contributed by atoms with Crippen molar-refractivity contribution in [1.29, 1.82) is 5.26 Å². The number of hydrogen-bond acceptors (Lipinski definition) is 11. The van der Waals surface area contributed by atoms with Gasteiger partial charge in [0.2, 0.25) is 11.4 Å². The Labute approximate surface area is 254 Å². The highest BCUT2D eigenvalue weighted by Crippen LogP contribution is 2.43. The molecule has 0 unspecified atom stereocenters. The lowest BCUT2D eigenvalue weighted by Crippen LogP contribution is -2.49. The van der Waals surface area contributed by atoms with Crippen LogP contribution in [0, 0.1) is 11.3 Å². The Morgan fingerprint density at radius 2 is 1.84 bits per heavy atom. The normalized spacial score (nSPS) is 19.6. The summed E-state index contributed by atoms with van der Waals surface area (Å²) in [6, 6.07) is 9.32. The number of esters is 2. The van der Waals surface area contributed by atoms with E-state index in [1.165, 1.54) is 15.5 Å². The maximum Gasteiger partial charge on any atom is 0.410 e. The molecule has 13 heteroatoms. The smallest absolute Gasteiger partial charge is 0.410 e. The third kappa shape index (κ3) is 5.39. The number of pyridine rings is 1. The lowest BCUT2D eigenvalue weighted by Gasteiger charge is -2.34. The number of fused-ring (bicyclic) bond motifs is 2. The molecule has 3 aliphatic rings. The Kier molecular flexibility index (Phi) is 8.94. The van der Waals surface area contributed by atoms with E-state index in [0.29, 0.717) is 37.5 Å². The summed E-state index contributed by atoms with van der Waals surface area (Å²) < 4.78 is 35.1. The van der Waals surface area contributed by atoms with Crippen LogP contribution < -0.4 is 10.3 Å². The van der Waals surface area contributed by atoms with Crippen molar-refractivity contribution in [3.63, 3.8) is 0 Å².